The number of aryl methyl sites for hydroxylation is 2. The van der Waals surface area contributed by atoms with Crippen LogP contribution in [-0.2, 0) is 6.54 Å². The molecule has 9 heteroatoms. The van der Waals surface area contributed by atoms with Crippen molar-refractivity contribution in [2.45, 2.75) is 33.4 Å². The molecule has 0 aliphatic rings. The average Bonchev–Trinajstić information content (AvgIpc) is 3.37. The number of amides is 1. The normalized spacial score (nSPS) is 12.1. The predicted molar refractivity (Wildman–Crippen MR) is 110 cm³/mol. The molecule has 0 bridgehead atoms. The molecule has 0 spiro atoms. The van der Waals surface area contributed by atoms with E-state index in [1.807, 2.05) is 62.0 Å². The SMILES string of the molecule is COc1ccc(C(C)NC(=O)c2nc3nc(C)cc(C)n3n2)cc1Cn1cccn1. The molecule has 4 aromatic rings. The van der Waals surface area contributed by atoms with Crippen LogP contribution < -0.4 is 10.1 Å². The zero-order valence-electron chi connectivity index (χ0n) is 17.3. The zero-order valence-corrected chi connectivity index (χ0v) is 17.3. The Labute approximate surface area is 173 Å². The van der Waals surface area contributed by atoms with Crippen LogP contribution in [-0.4, -0.2) is 42.4 Å². The second kappa shape index (κ2) is 7.94. The molecule has 0 aliphatic heterocycles. The molecule has 1 aromatic carbocycles. The highest BCUT2D eigenvalue weighted by Gasteiger charge is 2.18. The number of carbonyl (C=O) groups is 1. The molecule has 1 atom stereocenters. The van der Waals surface area contributed by atoms with Gasteiger partial charge in [0.2, 0.25) is 5.82 Å². The van der Waals surface area contributed by atoms with Gasteiger partial charge < -0.3 is 10.1 Å². The quantitative estimate of drug-likeness (QED) is 0.529. The number of hydrogen-bond donors (Lipinski definition) is 1. The number of rotatable bonds is 6. The van der Waals surface area contributed by atoms with E-state index in [2.05, 4.69) is 25.5 Å². The fourth-order valence-electron chi connectivity index (χ4n) is 3.37. The van der Waals surface area contributed by atoms with Gasteiger partial charge >= 0.3 is 0 Å². The Morgan fingerprint density at radius 1 is 1.23 bits per heavy atom. The number of ether oxygens (including phenoxy) is 1. The molecule has 0 saturated heterocycles. The molecule has 3 aromatic heterocycles. The predicted octanol–water partition coefficient (Wildman–Crippen LogP) is 2.49. The van der Waals surface area contributed by atoms with Crippen molar-refractivity contribution in [1.82, 2.24) is 34.7 Å². The lowest BCUT2D eigenvalue weighted by atomic mass is 10.0. The van der Waals surface area contributed by atoms with Gasteiger partial charge in [0.25, 0.3) is 11.7 Å². The Kier molecular flexibility index (Phi) is 5.18. The van der Waals surface area contributed by atoms with E-state index < -0.39 is 0 Å². The number of carbonyl (C=O) groups excluding carboxylic acids is 1. The van der Waals surface area contributed by atoms with Gasteiger partial charge in [0, 0.05) is 29.3 Å². The minimum absolute atomic E-state index is 0.0910. The Hall–Kier alpha value is -3.75. The van der Waals surface area contributed by atoms with Crippen LogP contribution in [0.25, 0.3) is 5.78 Å². The standard InChI is InChI=1S/C21H23N7O2/c1-13-10-14(2)28-21(23-13)25-19(26-28)20(29)24-15(3)16-6-7-18(30-4)17(11-16)12-27-9-5-8-22-27/h5-11,15H,12H2,1-4H3,(H,24,29). The van der Waals surface area contributed by atoms with E-state index in [0.717, 1.165) is 28.3 Å². The lowest BCUT2D eigenvalue weighted by Gasteiger charge is -2.16. The average molecular weight is 405 g/mol. The van der Waals surface area contributed by atoms with E-state index >= 15 is 0 Å². The summed E-state index contributed by atoms with van der Waals surface area (Å²) in [7, 11) is 1.64. The summed E-state index contributed by atoms with van der Waals surface area (Å²) < 4.78 is 8.87. The van der Waals surface area contributed by atoms with Gasteiger partial charge in [0.1, 0.15) is 5.75 Å². The van der Waals surface area contributed by atoms with Gasteiger partial charge in [-0.2, -0.15) is 10.1 Å². The molecule has 1 unspecified atom stereocenters. The van der Waals surface area contributed by atoms with Crippen LogP contribution in [0.3, 0.4) is 0 Å². The fraction of sp³-hybridized carbons (Fsp3) is 0.286. The molecular weight excluding hydrogens is 382 g/mol. The summed E-state index contributed by atoms with van der Waals surface area (Å²) in [5, 5.41) is 11.5. The van der Waals surface area contributed by atoms with Gasteiger partial charge in [-0.3, -0.25) is 9.48 Å². The highest BCUT2D eigenvalue weighted by atomic mass is 16.5. The maximum atomic E-state index is 12.7. The fourth-order valence-corrected chi connectivity index (χ4v) is 3.37. The van der Waals surface area contributed by atoms with E-state index in [4.69, 9.17) is 4.74 Å². The van der Waals surface area contributed by atoms with Crippen molar-refractivity contribution in [3.63, 3.8) is 0 Å². The zero-order chi connectivity index (χ0) is 21.3. The highest BCUT2D eigenvalue weighted by molar-refractivity contribution is 5.91. The molecule has 154 valence electrons. The summed E-state index contributed by atoms with van der Waals surface area (Å²) >= 11 is 0. The van der Waals surface area contributed by atoms with Gasteiger partial charge in [0.15, 0.2) is 0 Å². The van der Waals surface area contributed by atoms with Crippen molar-refractivity contribution in [2.24, 2.45) is 0 Å². The van der Waals surface area contributed by atoms with E-state index in [9.17, 15) is 4.79 Å². The van der Waals surface area contributed by atoms with Crippen LogP contribution in [0.4, 0.5) is 0 Å². The monoisotopic (exact) mass is 405 g/mol. The minimum Gasteiger partial charge on any atom is -0.496 e. The van der Waals surface area contributed by atoms with Crippen molar-refractivity contribution in [2.75, 3.05) is 7.11 Å². The maximum absolute atomic E-state index is 12.7. The molecule has 1 N–H and O–H groups in total. The number of benzene rings is 1. The lowest BCUT2D eigenvalue weighted by molar-refractivity contribution is 0.0929. The smallest absolute Gasteiger partial charge is 0.291 e. The summed E-state index contributed by atoms with van der Waals surface area (Å²) in [4.78, 5) is 21.3. The van der Waals surface area contributed by atoms with E-state index in [1.54, 1.807) is 17.8 Å². The molecule has 0 saturated carbocycles. The van der Waals surface area contributed by atoms with Crippen LogP contribution in [0.1, 0.15) is 46.1 Å². The summed E-state index contributed by atoms with van der Waals surface area (Å²) in [6.45, 7) is 6.27. The van der Waals surface area contributed by atoms with E-state index in [-0.39, 0.29) is 17.8 Å². The third kappa shape index (κ3) is 3.86. The summed E-state index contributed by atoms with van der Waals surface area (Å²) in [6.07, 6.45) is 3.63. The molecule has 0 aliphatic carbocycles. The molecule has 30 heavy (non-hydrogen) atoms. The molecule has 0 fully saturated rings. The molecule has 4 rings (SSSR count). The Balaban J connectivity index is 1.55. The number of aromatic nitrogens is 6. The third-order valence-electron chi connectivity index (χ3n) is 4.86. The summed E-state index contributed by atoms with van der Waals surface area (Å²) in [6, 6.07) is 9.36. The van der Waals surface area contributed by atoms with Crippen LogP contribution in [0.2, 0.25) is 0 Å². The largest absolute Gasteiger partial charge is 0.496 e. The Morgan fingerprint density at radius 3 is 2.80 bits per heavy atom. The van der Waals surface area contributed by atoms with Crippen LogP contribution in [0.5, 0.6) is 5.75 Å². The number of nitrogens with one attached hydrogen (secondary N) is 1. The number of hydrogen-bond acceptors (Lipinski definition) is 6. The molecule has 3 heterocycles. The van der Waals surface area contributed by atoms with Crippen LogP contribution in [0.15, 0.2) is 42.7 Å². The third-order valence-corrected chi connectivity index (χ3v) is 4.86. The first kappa shape index (κ1) is 19.6. The highest BCUT2D eigenvalue weighted by Crippen LogP contribution is 2.24. The second-order valence-electron chi connectivity index (χ2n) is 7.16. The Morgan fingerprint density at radius 2 is 2.07 bits per heavy atom. The summed E-state index contributed by atoms with van der Waals surface area (Å²) in [5.41, 5.74) is 3.62. The molecule has 9 nitrogen and oxygen atoms in total. The van der Waals surface area contributed by atoms with Crippen molar-refractivity contribution in [3.8, 4) is 5.75 Å². The maximum Gasteiger partial charge on any atom is 0.291 e. The van der Waals surface area contributed by atoms with Gasteiger partial charge in [-0.15, -0.1) is 5.10 Å². The molecule has 0 radical (unpaired) electrons. The Bertz CT molecular complexity index is 1200. The van der Waals surface area contributed by atoms with Crippen molar-refractivity contribution < 1.29 is 9.53 Å². The summed E-state index contributed by atoms with van der Waals surface area (Å²) in [5.74, 6) is 0.922. The minimum atomic E-state index is -0.352. The van der Waals surface area contributed by atoms with Crippen molar-refractivity contribution >= 4 is 11.7 Å². The second-order valence-corrected chi connectivity index (χ2v) is 7.16. The number of fused-ring (bicyclic) bond motifs is 1. The molecular formula is C21H23N7O2. The van der Waals surface area contributed by atoms with Crippen LogP contribution >= 0.6 is 0 Å². The van der Waals surface area contributed by atoms with Gasteiger partial charge in [0.05, 0.1) is 19.7 Å². The lowest BCUT2D eigenvalue weighted by Crippen LogP contribution is -2.27. The first-order valence-electron chi connectivity index (χ1n) is 9.60. The van der Waals surface area contributed by atoms with Gasteiger partial charge in [-0.05, 0) is 50.6 Å². The van der Waals surface area contributed by atoms with Crippen molar-refractivity contribution in [3.05, 3.63) is 71.1 Å². The van der Waals surface area contributed by atoms with Gasteiger partial charge in [-0.25, -0.2) is 9.50 Å². The van der Waals surface area contributed by atoms with Crippen molar-refractivity contribution in [1.29, 1.82) is 0 Å². The first-order chi connectivity index (χ1) is 14.4. The number of nitrogens with zero attached hydrogens (tertiary/aromatic N) is 6. The van der Waals surface area contributed by atoms with E-state index in [0.29, 0.717) is 12.3 Å². The number of methoxy groups -OCH3 is 1. The van der Waals surface area contributed by atoms with E-state index in [1.165, 1.54) is 0 Å². The van der Waals surface area contributed by atoms with Crippen LogP contribution in [0, 0.1) is 13.8 Å². The topological polar surface area (TPSA) is 99.2 Å². The molecule has 1 amide bonds. The van der Waals surface area contributed by atoms with Gasteiger partial charge in [-0.1, -0.05) is 6.07 Å². The first-order valence-corrected chi connectivity index (χ1v) is 9.60.